The van der Waals surface area contributed by atoms with Crippen molar-refractivity contribution < 1.29 is 19.1 Å². The number of carbonyl (C=O) groups is 3. The molecule has 0 saturated carbocycles. The monoisotopic (exact) mass is 476 g/mol. The molecule has 4 aromatic carbocycles. The van der Waals surface area contributed by atoms with Crippen LogP contribution in [0, 0.1) is 13.8 Å². The number of amides is 4. The first-order valence-electron chi connectivity index (χ1n) is 11.6. The molecule has 0 atom stereocenters. The zero-order valence-corrected chi connectivity index (χ0v) is 19.9. The lowest BCUT2D eigenvalue weighted by atomic mass is 10.0. The Bertz CT molecular complexity index is 1530. The Kier molecular flexibility index (Phi) is 6.09. The second-order valence-electron chi connectivity index (χ2n) is 8.74. The summed E-state index contributed by atoms with van der Waals surface area (Å²) >= 11 is 0. The molecule has 36 heavy (non-hydrogen) atoms. The van der Waals surface area contributed by atoms with Gasteiger partial charge in [0.05, 0.1) is 5.69 Å². The molecule has 1 saturated heterocycles. The molecule has 4 amide bonds. The number of urea groups is 1. The minimum absolute atomic E-state index is 0.112. The Morgan fingerprint density at radius 1 is 0.861 bits per heavy atom. The van der Waals surface area contributed by atoms with Gasteiger partial charge in [0.1, 0.15) is 17.9 Å². The molecule has 6 heteroatoms. The molecule has 4 aromatic rings. The van der Waals surface area contributed by atoms with Crippen molar-refractivity contribution in [1.82, 2.24) is 5.32 Å². The number of ether oxygens (including phenoxy) is 1. The average molecular weight is 477 g/mol. The van der Waals surface area contributed by atoms with Crippen LogP contribution in [0.1, 0.15) is 22.3 Å². The molecule has 1 aliphatic heterocycles. The maximum atomic E-state index is 13.2. The van der Waals surface area contributed by atoms with E-state index in [2.05, 4.69) is 23.5 Å². The van der Waals surface area contributed by atoms with Gasteiger partial charge in [-0.3, -0.25) is 14.9 Å². The van der Waals surface area contributed by atoms with Crippen LogP contribution in [0.2, 0.25) is 0 Å². The molecule has 1 N–H and O–H groups in total. The van der Waals surface area contributed by atoms with Crippen molar-refractivity contribution in [1.29, 1.82) is 0 Å². The van der Waals surface area contributed by atoms with E-state index in [1.165, 1.54) is 6.08 Å². The van der Waals surface area contributed by atoms with Crippen LogP contribution in [-0.2, 0) is 16.2 Å². The van der Waals surface area contributed by atoms with Gasteiger partial charge >= 0.3 is 6.03 Å². The van der Waals surface area contributed by atoms with E-state index in [0.717, 1.165) is 32.4 Å². The molecule has 1 aliphatic rings. The number of imide groups is 2. The molecule has 178 valence electrons. The number of benzene rings is 4. The number of nitrogens with one attached hydrogen (secondary N) is 1. The molecule has 0 unspecified atom stereocenters. The molecule has 0 aliphatic carbocycles. The van der Waals surface area contributed by atoms with E-state index < -0.39 is 17.8 Å². The highest BCUT2D eigenvalue weighted by atomic mass is 16.5. The number of fused-ring (bicyclic) bond motifs is 1. The zero-order valence-electron chi connectivity index (χ0n) is 19.9. The molecule has 0 aromatic heterocycles. The van der Waals surface area contributed by atoms with Crippen molar-refractivity contribution in [2.24, 2.45) is 0 Å². The lowest BCUT2D eigenvalue weighted by molar-refractivity contribution is -0.122. The van der Waals surface area contributed by atoms with Gasteiger partial charge in [0.25, 0.3) is 11.8 Å². The van der Waals surface area contributed by atoms with Crippen molar-refractivity contribution in [3.8, 4) is 5.75 Å². The highest BCUT2D eigenvalue weighted by Gasteiger charge is 2.37. The van der Waals surface area contributed by atoms with Crippen LogP contribution in [0.4, 0.5) is 10.5 Å². The number of nitrogens with zero attached hydrogens (tertiary/aromatic N) is 1. The lowest BCUT2D eigenvalue weighted by Crippen LogP contribution is -2.54. The first kappa shape index (κ1) is 23.1. The second kappa shape index (κ2) is 9.50. The number of barbiturate groups is 1. The van der Waals surface area contributed by atoms with E-state index in [1.54, 1.807) is 30.3 Å². The van der Waals surface area contributed by atoms with Crippen LogP contribution >= 0.6 is 0 Å². The molecule has 0 radical (unpaired) electrons. The summed E-state index contributed by atoms with van der Waals surface area (Å²) in [5.41, 5.74) is 3.83. The van der Waals surface area contributed by atoms with Gasteiger partial charge in [-0.15, -0.1) is 0 Å². The molecule has 5 rings (SSSR count). The largest absolute Gasteiger partial charge is 0.489 e. The zero-order chi connectivity index (χ0) is 25.2. The molecule has 0 bridgehead atoms. The summed E-state index contributed by atoms with van der Waals surface area (Å²) in [5.74, 6) is -0.717. The topological polar surface area (TPSA) is 75.7 Å². The summed E-state index contributed by atoms with van der Waals surface area (Å²) in [6, 6.07) is 26.0. The van der Waals surface area contributed by atoms with Gasteiger partial charge in [-0.25, -0.2) is 9.69 Å². The quantitative estimate of drug-likeness (QED) is 0.296. The van der Waals surface area contributed by atoms with Crippen LogP contribution in [0.15, 0.2) is 90.5 Å². The molecule has 1 fully saturated rings. The summed E-state index contributed by atoms with van der Waals surface area (Å²) in [7, 11) is 0. The van der Waals surface area contributed by atoms with Gasteiger partial charge in [-0.1, -0.05) is 72.3 Å². The molecule has 1 heterocycles. The van der Waals surface area contributed by atoms with Gasteiger partial charge < -0.3 is 4.74 Å². The first-order valence-corrected chi connectivity index (χ1v) is 11.6. The highest BCUT2D eigenvalue weighted by molar-refractivity contribution is 6.39. The maximum Gasteiger partial charge on any atom is 0.335 e. The van der Waals surface area contributed by atoms with Gasteiger partial charge in [0, 0.05) is 0 Å². The third kappa shape index (κ3) is 4.49. The van der Waals surface area contributed by atoms with Crippen LogP contribution < -0.4 is 15.0 Å². The summed E-state index contributed by atoms with van der Waals surface area (Å²) in [6.45, 7) is 4.16. The highest BCUT2D eigenvalue weighted by Crippen LogP contribution is 2.27. The Morgan fingerprint density at radius 3 is 2.39 bits per heavy atom. The smallest absolute Gasteiger partial charge is 0.335 e. The Morgan fingerprint density at radius 2 is 1.61 bits per heavy atom. The lowest BCUT2D eigenvalue weighted by Gasteiger charge is -2.27. The fraction of sp³-hybridized carbons (Fsp3) is 0.100. The summed E-state index contributed by atoms with van der Waals surface area (Å²) in [4.78, 5) is 39.2. The van der Waals surface area contributed by atoms with Gasteiger partial charge in [0.15, 0.2) is 0 Å². The normalized spacial score (nSPS) is 14.9. The fourth-order valence-corrected chi connectivity index (χ4v) is 4.34. The van der Waals surface area contributed by atoms with Crippen molar-refractivity contribution in [3.05, 3.63) is 113 Å². The standard InChI is InChI=1S/C30H24N2O4/c1-19-10-15-27(20(2)16-19)32-29(34)26(28(33)31-30(32)35)17-21-11-13-24(14-12-21)36-18-23-8-5-7-22-6-3-4-9-25(22)23/h3-17H,18H2,1-2H3,(H,31,33,35)/b26-17+. The van der Waals surface area contributed by atoms with Gasteiger partial charge in [-0.2, -0.15) is 0 Å². The number of hydrogen-bond donors (Lipinski definition) is 1. The van der Waals surface area contributed by atoms with Crippen LogP contribution in [0.3, 0.4) is 0 Å². The van der Waals surface area contributed by atoms with Crippen LogP contribution in [-0.4, -0.2) is 17.8 Å². The summed E-state index contributed by atoms with van der Waals surface area (Å²) in [5, 5.41) is 4.57. The van der Waals surface area contributed by atoms with E-state index in [0.29, 0.717) is 23.6 Å². The van der Waals surface area contributed by atoms with Crippen LogP contribution in [0.25, 0.3) is 16.8 Å². The molecule has 0 spiro atoms. The third-order valence-corrected chi connectivity index (χ3v) is 6.16. The molecule has 6 nitrogen and oxygen atoms in total. The predicted octanol–water partition coefficient (Wildman–Crippen LogP) is 5.70. The predicted molar refractivity (Wildman–Crippen MR) is 140 cm³/mol. The minimum atomic E-state index is -0.758. The van der Waals surface area contributed by atoms with Crippen molar-refractivity contribution in [3.63, 3.8) is 0 Å². The number of hydrogen-bond acceptors (Lipinski definition) is 4. The number of carbonyl (C=O) groups excluding carboxylic acids is 3. The number of rotatable bonds is 5. The van der Waals surface area contributed by atoms with E-state index >= 15 is 0 Å². The Hall–Kier alpha value is -4.71. The SMILES string of the molecule is Cc1ccc(N2C(=O)NC(=O)/C(=C\c3ccc(OCc4cccc5ccccc45)cc3)C2=O)c(C)c1. The number of anilines is 1. The maximum absolute atomic E-state index is 13.2. The Balaban J connectivity index is 1.35. The summed E-state index contributed by atoms with van der Waals surface area (Å²) in [6.07, 6.45) is 1.48. The summed E-state index contributed by atoms with van der Waals surface area (Å²) < 4.78 is 5.98. The Labute approximate surface area is 208 Å². The average Bonchev–Trinajstić information content (AvgIpc) is 2.87. The fourth-order valence-electron chi connectivity index (χ4n) is 4.34. The third-order valence-electron chi connectivity index (χ3n) is 6.16. The number of aryl methyl sites for hydroxylation is 2. The van der Waals surface area contributed by atoms with E-state index in [9.17, 15) is 14.4 Å². The van der Waals surface area contributed by atoms with E-state index in [1.807, 2.05) is 50.2 Å². The van der Waals surface area contributed by atoms with Crippen molar-refractivity contribution in [2.45, 2.75) is 20.5 Å². The first-order chi connectivity index (χ1) is 17.4. The second-order valence-corrected chi connectivity index (χ2v) is 8.74. The minimum Gasteiger partial charge on any atom is -0.489 e. The van der Waals surface area contributed by atoms with Crippen LogP contribution in [0.5, 0.6) is 5.75 Å². The molecular weight excluding hydrogens is 452 g/mol. The van der Waals surface area contributed by atoms with E-state index in [-0.39, 0.29) is 5.57 Å². The van der Waals surface area contributed by atoms with Crippen molar-refractivity contribution >= 4 is 40.4 Å². The van der Waals surface area contributed by atoms with E-state index in [4.69, 9.17) is 4.74 Å². The van der Waals surface area contributed by atoms with Crippen molar-refractivity contribution in [2.75, 3.05) is 4.90 Å². The van der Waals surface area contributed by atoms with Gasteiger partial charge in [-0.05, 0) is 65.6 Å². The van der Waals surface area contributed by atoms with Gasteiger partial charge in [0.2, 0.25) is 0 Å². The molecular formula is C30H24N2O4.